The normalized spacial score (nSPS) is 13.1. The molecule has 0 spiro atoms. The van der Waals surface area contributed by atoms with Crippen LogP contribution in [0.4, 0.5) is 0 Å². The van der Waals surface area contributed by atoms with Crippen molar-refractivity contribution in [2.24, 2.45) is 0 Å². The fraction of sp³-hybridized carbons (Fsp3) is 1.00. The molecule has 6 nitrogen and oxygen atoms in total. The van der Waals surface area contributed by atoms with Gasteiger partial charge < -0.3 is 29.2 Å². The topological polar surface area (TPSA) is 83.0 Å². The van der Waals surface area contributed by atoms with Gasteiger partial charge in [0.2, 0.25) is 0 Å². The molecule has 0 aromatic heterocycles. The maximum Gasteiger partial charge on any atom is 2.00 e. The van der Waals surface area contributed by atoms with E-state index >= 15 is 0 Å². The summed E-state index contributed by atoms with van der Waals surface area (Å²) < 4.78 is 19.0. The van der Waals surface area contributed by atoms with Gasteiger partial charge in [-0.1, -0.05) is 0 Å². The summed E-state index contributed by atoms with van der Waals surface area (Å²) in [4.78, 5) is 0. The van der Waals surface area contributed by atoms with E-state index in [-0.39, 0.29) is 56.1 Å². The molecule has 109 valence electrons. The van der Waals surface area contributed by atoms with Crippen LogP contribution in [-0.2, 0) is 36.0 Å². The maximum absolute atomic E-state index is 9.77. The number of hydrogen-bond acceptors (Lipinski definition) is 6. The second kappa shape index (κ2) is 18.6. The molecule has 0 N–H and O–H groups in total. The van der Waals surface area contributed by atoms with E-state index < -0.39 is 0 Å². The molecule has 0 fully saturated rings. The second-order valence-corrected chi connectivity index (χ2v) is 2.76. The third kappa shape index (κ3) is 22.0. The molecule has 0 aliphatic carbocycles. The third-order valence-corrected chi connectivity index (χ3v) is 1.54. The molecule has 0 aliphatic rings. The van der Waals surface area contributed by atoms with Gasteiger partial charge in [-0.05, 0) is 13.8 Å². The van der Waals surface area contributed by atoms with Crippen molar-refractivity contribution < 1.29 is 46.2 Å². The fourth-order valence-electron chi connectivity index (χ4n) is 0.564. The van der Waals surface area contributed by atoms with Gasteiger partial charge >= 0.3 is 17.1 Å². The van der Waals surface area contributed by atoms with Gasteiger partial charge in [-0.15, -0.1) is 13.2 Å². The van der Waals surface area contributed by atoms with Crippen molar-refractivity contribution in [2.45, 2.75) is 26.4 Å². The van der Waals surface area contributed by atoms with Gasteiger partial charge in [0.25, 0.3) is 0 Å². The van der Waals surface area contributed by atoms with Gasteiger partial charge in [0.05, 0.1) is 0 Å². The summed E-state index contributed by atoms with van der Waals surface area (Å²) >= 11 is 0. The average molecular weight is 302 g/mol. The van der Waals surface area contributed by atoms with E-state index in [1.807, 2.05) is 0 Å². The quantitative estimate of drug-likeness (QED) is 0.410. The Hall–Kier alpha value is 0.279. The molecule has 17 heavy (non-hydrogen) atoms. The van der Waals surface area contributed by atoms with Crippen LogP contribution in [0.15, 0.2) is 0 Å². The predicted molar refractivity (Wildman–Crippen MR) is 54.6 cm³/mol. The molecule has 0 rings (SSSR count). The maximum atomic E-state index is 9.77. The number of methoxy groups -OCH3 is 2. The van der Waals surface area contributed by atoms with Crippen LogP contribution in [0, 0.1) is 0 Å². The van der Waals surface area contributed by atoms with Gasteiger partial charge in [-0.2, -0.15) is 0 Å². The first-order valence-electron chi connectivity index (χ1n) is 5.07. The molecule has 0 aliphatic heterocycles. The Bertz CT molecular complexity index is 113. The van der Waals surface area contributed by atoms with Crippen LogP contribution in [-0.4, -0.2) is 53.2 Å². The molecule has 2 unspecified atom stereocenters. The van der Waals surface area contributed by atoms with Crippen molar-refractivity contribution in [3.63, 3.8) is 0 Å². The first-order chi connectivity index (χ1) is 7.62. The zero-order chi connectivity index (χ0) is 12.8. The van der Waals surface area contributed by atoms with Crippen LogP contribution >= 0.6 is 0 Å². The first-order valence-corrected chi connectivity index (χ1v) is 5.07. The fourth-order valence-corrected chi connectivity index (χ4v) is 0.564. The second-order valence-electron chi connectivity index (χ2n) is 2.76. The van der Waals surface area contributed by atoms with Crippen LogP contribution in [0.5, 0.6) is 0 Å². The zero-order valence-electron chi connectivity index (χ0n) is 10.7. The van der Waals surface area contributed by atoms with E-state index in [9.17, 15) is 10.2 Å². The summed E-state index contributed by atoms with van der Waals surface area (Å²) in [6.45, 7) is 3.55. The Morgan fingerprint density at radius 1 is 0.824 bits per heavy atom. The number of hydrogen-bond donors (Lipinski definition) is 0. The summed E-state index contributed by atoms with van der Waals surface area (Å²) in [5, 5.41) is 19.5. The summed E-state index contributed by atoms with van der Waals surface area (Å²) in [6.07, 6.45) is -0.493. The molecular weight excluding hydrogens is 280 g/mol. The van der Waals surface area contributed by atoms with Gasteiger partial charge in [-0.3, -0.25) is 0 Å². The Labute approximate surface area is 114 Å². The Balaban J connectivity index is -0.000000218. The molecule has 0 amide bonds. The van der Waals surface area contributed by atoms with Crippen LogP contribution in [0.1, 0.15) is 13.8 Å². The smallest absolute Gasteiger partial charge is 0.853 e. The van der Waals surface area contributed by atoms with Gasteiger partial charge in [-0.25, -0.2) is 0 Å². The number of ether oxygens (including phenoxy) is 4. The molecule has 7 heteroatoms. The van der Waals surface area contributed by atoms with Crippen molar-refractivity contribution in [2.75, 3.05) is 40.6 Å². The summed E-state index contributed by atoms with van der Waals surface area (Å²) in [5.41, 5.74) is 0. The van der Waals surface area contributed by atoms with Crippen molar-refractivity contribution in [3.05, 3.63) is 0 Å². The minimum atomic E-state index is -0.246. The molecule has 2 atom stereocenters. The minimum absolute atomic E-state index is 0. The third-order valence-electron chi connectivity index (χ3n) is 1.54. The molecule has 0 bridgehead atoms. The molecule has 0 saturated heterocycles. The van der Waals surface area contributed by atoms with E-state index in [0.717, 1.165) is 0 Å². The summed E-state index contributed by atoms with van der Waals surface area (Å²) in [6, 6.07) is 0. The van der Waals surface area contributed by atoms with Gasteiger partial charge in [0.1, 0.15) is 0 Å². The van der Waals surface area contributed by atoms with E-state index in [1.165, 1.54) is 14.2 Å². The van der Waals surface area contributed by atoms with Crippen LogP contribution in [0.2, 0.25) is 0 Å². The van der Waals surface area contributed by atoms with Crippen LogP contribution in [0.25, 0.3) is 0 Å². The Morgan fingerprint density at radius 3 is 1.29 bits per heavy atom. The van der Waals surface area contributed by atoms with Gasteiger partial charge in [0, 0.05) is 27.4 Å². The summed E-state index contributed by atoms with van der Waals surface area (Å²) in [7, 11) is 3.07. The number of rotatable bonds is 8. The Kier molecular flexibility index (Phi) is 24.6. The van der Waals surface area contributed by atoms with E-state index in [0.29, 0.717) is 0 Å². The molecule has 0 heterocycles. The average Bonchev–Trinajstić information content (AvgIpc) is 2.33. The van der Waals surface area contributed by atoms with Crippen molar-refractivity contribution in [1.82, 2.24) is 0 Å². The monoisotopic (exact) mass is 301 g/mol. The van der Waals surface area contributed by atoms with E-state index in [1.54, 1.807) is 13.8 Å². The Morgan fingerprint density at radius 2 is 1.12 bits per heavy atom. The van der Waals surface area contributed by atoms with Gasteiger partial charge in [0.15, 0.2) is 12.6 Å². The van der Waals surface area contributed by atoms with Crippen molar-refractivity contribution in [1.29, 1.82) is 0 Å². The van der Waals surface area contributed by atoms with E-state index in [4.69, 9.17) is 18.9 Å². The largest absolute Gasteiger partial charge is 2.00 e. The molecular formula is C10H22CuO6. The molecule has 0 aromatic carbocycles. The standard InChI is InChI=1S/2C5H11O3.Cu/c2*1-5(7-2)8-4-3-6;/h2*5H,3-4H2,1-2H3;/q2*-1;+2. The van der Waals surface area contributed by atoms with Crippen molar-refractivity contribution in [3.8, 4) is 0 Å². The molecule has 0 saturated carbocycles. The molecule has 0 aromatic rings. The minimum Gasteiger partial charge on any atom is -0.853 e. The zero-order valence-corrected chi connectivity index (χ0v) is 11.7. The SMILES string of the molecule is COC(C)OCC[O-].COC(C)OCC[O-].[Cu+2]. The molecule has 1 radical (unpaired) electrons. The van der Waals surface area contributed by atoms with Crippen LogP contribution < -0.4 is 10.2 Å². The summed E-state index contributed by atoms with van der Waals surface area (Å²) in [5.74, 6) is 0. The first kappa shape index (κ1) is 22.5. The predicted octanol–water partition coefficient (Wildman–Crippen LogP) is -1.29. The van der Waals surface area contributed by atoms with Crippen molar-refractivity contribution >= 4 is 0 Å². The van der Waals surface area contributed by atoms with Crippen LogP contribution in [0.3, 0.4) is 0 Å². The van der Waals surface area contributed by atoms with E-state index in [2.05, 4.69) is 0 Å².